The lowest BCUT2D eigenvalue weighted by molar-refractivity contribution is 0.174. The van der Waals surface area contributed by atoms with Gasteiger partial charge in [-0.3, -0.25) is 4.90 Å². The van der Waals surface area contributed by atoms with E-state index in [2.05, 4.69) is 20.1 Å². The van der Waals surface area contributed by atoms with Crippen LogP contribution in [-0.4, -0.2) is 53.6 Å². The Labute approximate surface area is 125 Å². The standard InChI is InChI=1S/C16H22N4O/c1-13-3-2-4-14(16(13)21)11-19-7-9-20(10-8-19)15-5-6-17-12-18-15/h2-6,17,21H,7-12H2,1H3. The van der Waals surface area contributed by atoms with Crippen molar-refractivity contribution in [2.24, 2.45) is 4.99 Å². The van der Waals surface area contributed by atoms with Gasteiger partial charge in [-0.1, -0.05) is 18.2 Å². The first-order valence-corrected chi connectivity index (χ1v) is 7.43. The van der Waals surface area contributed by atoms with Crippen LogP contribution in [-0.2, 0) is 6.54 Å². The minimum atomic E-state index is 0.436. The number of rotatable bonds is 2. The number of aliphatic imine (C=N–C) groups is 1. The van der Waals surface area contributed by atoms with Crippen LogP contribution < -0.4 is 5.32 Å². The number of phenolic OH excluding ortho intramolecular Hbond substituents is 1. The second-order valence-corrected chi connectivity index (χ2v) is 5.56. The second kappa shape index (κ2) is 6.18. The Balaban J connectivity index is 1.57. The maximum absolute atomic E-state index is 10.1. The van der Waals surface area contributed by atoms with Crippen LogP contribution in [0.15, 0.2) is 35.5 Å². The number of aromatic hydroxyl groups is 1. The Hall–Kier alpha value is -2.01. The van der Waals surface area contributed by atoms with Gasteiger partial charge in [0.25, 0.3) is 0 Å². The molecule has 112 valence electrons. The fourth-order valence-corrected chi connectivity index (χ4v) is 2.79. The molecule has 0 bridgehead atoms. The van der Waals surface area contributed by atoms with Crippen LogP contribution in [0.3, 0.4) is 0 Å². The minimum absolute atomic E-state index is 0.436. The highest BCUT2D eigenvalue weighted by Gasteiger charge is 2.20. The lowest BCUT2D eigenvalue weighted by atomic mass is 10.1. The van der Waals surface area contributed by atoms with Crippen LogP contribution >= 0.6 is 0 Å². The first-order chi connectivity index (χ1) is 10.2. The minimum Gasteiger partial charge on any atom is -0.507 e. The third-order valence-electron chi connectivity index (χ3n) is 4.09. The molecule has 0 radical (unpaired) electrons. The van der Waals surface area contributed by atoms with Gasteiger partial charge in [0.05, 0.1) is 0 Å². The number of aryl methyl sites for hydroxylation is 1. The number of benzene rings is 1. The molecule has 1 saturated heterocycles. The largest absolute Gasteiger partial charge is 0.507 e. The molecule has 0 amide bonds. The highest BCUT2D eigenvalue weighted by molar-refractivity contribution is 5.93. The molecule has 0 spiro atoms. The van der Waals surface area contributed by atoms with E-state index < -0.39 is 0 Å². The number of amidine groups is 1. The summed E-state index contributed by atoms with van der Waals surface area (Å²) in [5.41, 5.74) is 1.96. The van der Waals surface area contributed by atoms with Crippen molar-refractivity contribution in [1.29, 1.82) is 0 Å². The molecule has 0 saturated carbocycles. The molecule has 0 atom stereocenters. The van der Waals surface area contributed by atoms with E-state index in [1.807, 2.05) is 37.4 Å². The van der Waals surface area contributed by atoms with Gasteiger partial charge in [0, 0.05) is 44.5 Å². The van der Waals surface area contributed by atoms with Crippen molar-refractivity contribution >= 4 is 5.84 Å². The SMILES string of the molecule is Cc1cccc(CN2CCN(C3=NCNC=C3)CC2)c1O. The zero-order valence-electron chi connectivity index (χ0n) is 12.4. The average Bonchev–Trinajstić information content (AvgIpc) is 2.53. The van der Waals surface area contributed by atoms with Crippen LogP contribution in [0, 0.1) is 6.92 Å². The van der Waals surface area contributed by atoms with E-state index in [0.29, 0.717) is 12.4 Å². The van der Waals surface area contributed by atoms with Crippen LogP contribution in [0.2, 0.25) is 0 Å². The predicted octanol–water partition coefficient (Wildman–Crippen LogP) is 1.29. The van der Waals surface area contributed by atoms with E-state index in [4.69, 9.17) is 0 Å². The van der Waals surface area contributed by atoms with Gasteiger partial charge in [0.15, 0.2) is 0 Å². The third kappa shape index (κ3) is 3.19. The lowest BCUT2D eigenvalue weighted by Crippen LogP contribution is -2.48. The van der Waals surface area contributed by atoms with Crippen LogP contribution in [0.1, 0.15) is 11.1 Å². The topological polar surface area (TPSA) is 51.1 Å². The van der Waals surface area contributed by atoms with E-state index in [1.165, 1.54) is 0 Å². The molecule has 5 nitrogen and oxygen atoms in total. The zero-order valence-corrected chi connectivity index (χ0v) is 12.4. The van der Waals surface area contributed by atoms with Crippen LogP contribution in [0.25, 0.3) is 0 Å². The molecule has 2 heterocycles. The van der Waals surface area contributed by atoms with Gasteiger partial charge in [0.2, 0.25) is 0 Å². The van der Waals surface area contributed by atoms with Crippen molar-refractivity contribution in [3.63, 3.8) is 0 Å². The molecule has 2 N–H and O–H groups in total. The number of hydrogen-bond donors (Lipinski definition) is 2. The third-order valence-corrected chi connectivity index (χ3v) is 4.09. The Bertz CT molecular complexity index is 559. The molecule has 0 aromatic heterocycles. The lowest BCUT2D eigenvalue weighted by Gasteiger charge is -2.36. The Morgan fingerprint density at radius 3 is 2.76 bits per heavy atom. The van der Waals surface area contributed by atoms with Crippen molar-refractivity contribution in [2.45, 2.75) is 13.5 Å². The quantitative estimate of drug-likeness (QED) is 0.860. The molecule has 3 rings (SSSR count). The highest BCUT2D eigenvalue weighted by Crippen LogP contribution is 2.23. The maximum atomic E-state index is 10.1. The smallest absolute Gasteiger partial charge is 0.127 e. The van der Waals surface area contributed by atoms with Gasteiger partial charge in [-0.05, 0) is 18.6 Å². The van der Waals surface area contributed by atoms with Crippen molar-refractivity contribution in [2.75, 3.05) is 32.8 Å². The summed E-state index contributed by atoms with van der Waals surface area (Å²) < 4.78 is 0. The van der Waals surface area contributed by atoms with E-state index in [-0.39, 0.29) is 0 Å². The molecule has 5 heteroatoms. The summed E-state index contributed by atoms with van der Waals surface area (Å²) in [7, 11) is 0. The Morgan fingerprint density at radius 1 is 1.24 bits per heavy atom. The molecule has 0 unspecified atom stereocenters. The Kier molecular flexibility index (Phi) is 4.10. The summed E-state index contributed by atoms with van der Waals surface area (Å²) in [5.74, 6) is 1.51. The molecular formula is C16H22N4O. The molecule has 1 fully saturated rings. The Morgan fingerprint density at radius 2 is 2.05 bits per heavy atom. The first-order valence-electron chi connectivity index (χ1n) is 7.43. The van der Waals surface area contributed by atoms with Gasteiger partial charge in [-0.25, -0.2) is 4.99 Å². The summed E-state index contributed by atoms with van der Waals surface area (Å²) in [5, 5.41) is 13.2. The molecule has 2 aliphatic rings. The van der Waals surface area contributed by atoms with Crippen LogP contribution in [0.4, 0.5) is 0 Å². The number of para-hydroxylation sites is 1. The van der Waals surface area contributed by atoms with Crippen molar-refractivity contribution in [3.05, 3.63) is 41.6 Å². The molecular weight excluding hydrogens is 264 g/mol. The van der Waals surface area contributed by atoms with Crippen molar-refractivity contribution in [1.82, 2.24) is 15.1 Å². The maximum Gasteiger partial charge on any atom is 0.127 e. The van der Waals surface area contributed by atoms with Crippen LogP contribution in [0.5, 0.6) is 5.75 Å². The summed E-state index contributed by atoms with van der Waals surface area (Å²) >= 11 is 0. The zero-order chi connectivity index (χ0) is 14.7. The summed E-state index contributed by atoms with van der Waals surface area (Å²) in [6.45, 7) is 7.37. The van der Waals surface area contributed by atoms with Gasteiger partial charge in [-0.15, -0.1) is 0 Å². The van der Waals surface area contributed by atoms with E-state index >= 15 is 0 Å². The normalized spacial score (nSPS) is 19.3. The summed E-state index contributed by atoms with van der Waals surface area (Å²) in [4.78, 5) is 9.18. The average molecular weight is 286 g/mol. The fourth-order valence-electron chi connectivity index (χ4n) is 2.79. The number of nitrogens with one attached hydrogen (secondary N) is 1. The van der Waals surface area contributed by atoms with E-state index in [1.54, 1.807) is 0 Å². The molecule has 2 aliphatic heterocycles. The molecule has 1 aromatic carbocycles. The first kappa shape index (κ1) is 13.9. The predicted molar refractivity (Wildman–Crippen MR) is 84.3 cm³/mol. The monoisotopic (exact) mass is 286 g/mol. The summed E-state index contributed by atoms with van der Waals surface area (Å²) in [6.07, 6.45) is 3.99. The van der Waals surface area contributed by atoms with E-state index in [0.717, 1.165) is 49.7 Å². The second-order valence-electron chi connectivity index (χ2n) is 5.56. The summed E-state index contributed by atoms with van der Waals surface area (Å²) in [6, 6.07) is 5.96. The molecule has 21 heavy (non-hydrogen) atoms. The molecule has 0 aliphatic carbocycles. The number of piperazine rings is 1. The van der Waals surface area contributed by atoms with Gasteiger partial charge < -0.3 is 15.3 Å². The van der Waals surface area contributed by atoms with Crippen molar-refractivity contribution < 1.29 is 5.11 Å². The fraction of sp³-hybridized carbons (Fsp3) is 0.438. The number of phenols is 1. The van der Waals surface area contributed by atoms with Crippen molar-refractivity contribution in [3.8, 4) is 5.75 Å². The highest BCUT2D eigenvalue weighted by atomic mass is 16.3. The van der Waals surface area contributed by atoms with E-state index in [9.17, 15) is 5.11 Å². The van der Waals surface area contributed by atoms with Gasteiger partial charge in [0.1, 0.15) is 18.3 Å². The molecule has 1 aromatic rings. The van der Waals surface area contributed by atoms with Gasteiger partial charge in [-0.2, -0.15) is 0 Å². The number of hydrogen-bond acceptors (Lipinski definition) is 5. The van der Waals surface area contributed by atoms with Gasteiger partial charge >= 0.3 is 0 Å². The number of nitrogens with zero attached hydrogens (tertiary/aromatic N) is 3.